The van der Waals surface area contributed by atoms with Crippen LogP contribution in [0.5, 0.6) is 0 Å². The monoisotopic (exact) mass is 1110 g/mol. The Balaban J connectivity index is 0.000000233. The number of thiophene rings is 6. The van der Waals surface area contributed by atoms with Gasteiger partial charge in [0.2, 0.25) is 0 Å². The van der Waals surface area contributed by atoms with Crippen molar-refractivity contribution in [3.63, 3.8) is 0 Å². The van der Waals surface area contributed by atoms with E-state index in [1.165, 1.54) is 132 Å². The van der Waals surface area contributed by atoms with Crippen LogP contribution >= 0.6 is 68.0 Å². The van der Waals surface area contributed by atoms with E-state index in [-0.39, 0.29) is 54.5 Å². The van der Waals surface area contributed by atoms with Gasteiger partial charge in [-0.15, -0.1) is 68.0 Å². The molecule has 6 aromatic rings. The standard InChI is InChI=1S/C24H31BO2S3.C18H20S3.C9H19BO3.C4H8O.C4H9.Li/c1-6-7-8-9-10-17-11-12-18(28-17)19-13-14-20(29-19)21-15-16-22(30-21)25-26-23(2,3)24(4,5)27-25;1-2-3-4-5-7-14-9-10-17(20-14)18-12-11-16(21-18)15-8-6-13-19-15;1-7(2)11-10-12-8(3,4)9(5,6)13-10;1-2-4-5-3-1;1-3-4-2;/h11-16H,6-10H2,1-5H3;6,8-13H,2-5,7H2,1H3;7H,1-6H3;1-4H2;1,3-4H2,2H3;/q;;;;-1;+1. The van der Waals surface area contributed by atoms with Gasteiger partial charge in [-0.3, -0.25) is 0 Å². The Kier molecular flexibility index (Phi) is 28.3. The first-order valence-corrected chi connectivity index (χ1v) is 32.0. The van der Waals surface area contributed by atoms with E-state index < -0.39 is 7.32 Å². The zero-order valence-corrected chi connectivity index (χ0v) is 52.6. The molecule has 0 radical (unpaired) electrons. The molecule has 74 heavy (non-hydrogen) atoms. The summed E-state index contributed by atoms with van der Waals surface area (Å²) in [6.07, 6.45) is 18.1. The summed E-state index contributed by atoms with van der Waals surface area (Å²) in [6.45, 7) is 32.6. The van der Waals surface area contributed by atoms with E-state index in [9.17, 15) is 0 Å². The molecule has 0 bridgehead atoms. The fourth-order valence-corrected chi connectivity index (χ4v) is 13.7. The quantitative estimate of drug-likeness (QED) is 0.0486. The Labute approximate surface area is 485 Å². The van der Waals surface area contributed by atoms with Crippen LogP contribution in [0.3, 0.4) is 0 Å². The SMILES string of the molecule is C1CCOC1.CC(C)OB1OC(C)(C)C(C)(C)O1.CCCCCCc1ccc(-c2ccc(-c3ccc(B4OC(C)(C)C(C)(C)O4)s3)s2)s1.CCCCCCc1ccc(-c2ccc(-c3cccs3)s2)s1.[CH2-]CCC.[Li+]. The number of rotatable bonds is 18. The Hall–Kier alpha value is -1.31. The third-order valence-corrected chi connectivity index (χ3v) is 20.7. The summed E-state index contributed by atoms with van der Waals surface area (Å²) in [5.41, 5.74) is -1.20. The van der Waals surface area contributed by atoms with E-state index in [4.69, 9.17) is 28.0 Å². The number of aryl methyl sites for hydroxylation is 2. The molecule has 0 N–H and O–H groups in total. The average molecular weight is 1110 g/mol. The van der Waals surface area contributed by atoms with Crippen LogP contribution in [0.15, 0.2) is 78.2 Å². The van der Waals surface area contributed by atoms with Gasteiger partial charge in [-0.25, -0.2) is 0 Å². The molecule has 3 fully saturated rings. The Morgan fingerprint density at radius 1 is 0.514 bits per heavy atom. The van der Waals surface area contributed by atoms with Crippen molar-refractivity contribution in [3.8, 4) is 39.0 Å². The Bertz CT molecular complexity index is 2380. The number of hydrogen-bond acceptors (Lipinski definition) is 12. The second-order valence-corrected chi connectivity index (χ2v) is 27.7. The van der Waals surface area contributed by atoms with Gasteiger partial charge in [-0.05, 0) is 174 Å². The molecular formula is C59H87B2LiO6S6. The maximum absolute atomic E-state index is 6.22. The van der Waals surface area contributed by atoms with E-state index in [0.717, 1.165) is 24.4 Å². The first kappa shape index (κ1) is 65.2. The van der Waals surface area contributed by atoms with Crippen molar-refractivity contribution < 1.29 is 46.9 Å². The summed E-state index contributed by atoms with van der Waals surface area (Å²) in [4.78, 5) is 14.0. The molecule has 0 unspecified atom stereocenters. The maximum Gasteiger partial charge on any atom is 1.00 e. The first-order valence-electron chi connectivity index (χ1n) is 27.1. The van der Waals surface area contributed by atoms with Gasteiger partial charge in [0, 0.05) is 72.9 Å². The predicted molar refractivity (Wildman–Crippen MR) is 326 cm³/mol. The van der Waals surface area contributed by atoms with Gasteiger partial charge in [-0.1, -0.05) is 77.8 Å². The van der Waals surface area contributed by atoms with Crippen molar-refractivity contribution in [1.29, 1.82) is 0 Å². The van der Waals surface area contributed by atoms with Crippen LogP contribution < -0.4 is 23.6 Å². The molecule has 6 nitrogen and oxygen atoms in total. The fourth-order valence-electron chi connectivity index (χ4n) is 7.51. The minimum absolute atomic E-state index is 0. The fraction of sp³-hybridized carbons (Fsp3) is 0.576. The van der Waals surface area contributed by atoms with Crippen LogP contribution in [-0.4, -0.2) is 56.2 Å². The molecule has 402 valence electrons. The van der Waals surface area contributed by atoms with Gasteiger partial charge in [0.25, 0.3) is 0 Å². The molecule has 9 heterocycles. The molecule has 3 aliphatic rings. The minimum Gasteiger partial charge on any atom is -0.399 e. The van der Waals surface area contributed by atoms with Gasteiger partial charge in [0.15, 0.2) is 0 Å². The zero-order valence-electron chi connectivity index (χ0n) is 47.7. The van der Waals surface area contributed by atoms with Gasteiger partial charge in [0.1, 0.15) is 0 Å². The van der Waals surface area contributed by atoms with E-state index in [2.05, 4.69) is 134 Å². The van der Waals surface area contributed by atoms with E-state index in [1.807, 2.05) is 98.2 Å². The summed E-state index contributed by atoms with van der Waals surface area (Å²) < 4.78 is 35.2. The molecular weight excluding hydrogens is 1030 g/mol. The molecule has 0 aliphatic carbocycles. The molecule has 0 aromatic carbocycles. The molecule has 15 heteroatoms. The van der Waals surface area contributed by atoms with Gasteiger partial charge in [-0.2, -0.15) is 6.42 Å². The molecule has 3 aliphatic heterocycles. The smallest absolute Gasteiger partial charge is 0.399 e. The topological polar surface area (TPSA) is 55.4 Å². The molecule has 0 atom stereocenters. The third kappa shape index (κ3) is 20.1. The Morgan fingerprint density at radius 2 is 0.919 bits per heavy atom. The van der Waals surface area contributed by atoms with E-state index in [0.29, 0.717) is 0 Å². The molecule has 0 spiro atoms. The van der Waals surface area contributed by atoms with Crippen molar-refractivity contribution in [2.45, 2.75) is 208 Å². The number of ether oxygens (including phenoxy) is 1. The van der Waals surface area contributed by atoms with Crippen LogP contribution in [0.1, 0.15) is 177 Å². The van der Waals surface area contributed by atoms with Crippen LogP contribution in [0.4, 0.5) is 0 Å². The molecule has 0 amide bonds. The average Bonchev–Trinajstić information content (AvgIpc) is 4.18. The predicted octanol–water partition coefficient (Wildman–Crippen LogP) is 16.4. The molecule has 6 aromatic heterocycles. The maximum atomic E-state index is 6.22. The summed E-state index contributed by atoms with van der Waals surface area (Å²) in [6, 6.07) is 26.9. The normalized spacial score (nSPS) is 16.9. The van der Waals surface area contributed by atoms with Crippen molar-refractivity contribution in [2.75, 3.05) is 13.2 Å². The first-order chi connectivity index (χ1) is 34.8. The van der Waals surface area contributed by atoms with Gasteiger partial charge >= 0.3 is 33.3 Å². The molecule has 0 saturated carbocycles. The third-order valence-electron chi connectivity index (χ3n) is 13.5. The van der Waals surface area contributed by atoms with Gasteiger partial charge in [0.05, 0.1) is 22.4 Å². The van der Waals surface area contributed by atoms with Crippen molar-refractivity contribution in [1.82, 2.24) is 0 Å². The number of hydrogen-bond donors (Lipinski definition) is 0. The minimum atomic E-state index is -0.523. The second-order valence-electron chi connectivity index (χ2n) is 21.2. The van der Waals surface area contributed by atoms with Crippen molar-refractivity contribution in [2.24, 2.45) is 0 Å². The van der Waals surface area contributed by atoms with Crippen LogP contribution in [0.2, 0.25) is 0 Å². The van der Waals surface area contributed by atoms with Crippen LogP contribution in [-0.2, 0) is 40.9 Å². The van der Waals surface area contributed by atoms with Crippen LogP contribution in [0, 0.1) is 6.92 Å². The van der Waals surface area contributed by atoms with E-state index in [1.54, 1.807) is 11.3 Å². The number of unbranched alkanes of at least 4 members (excludes halogenated alkanes) is 7. The van der Waals surface area contributed by atoms with Gasteiger partial charge < -0.3 is 34.9 Å². The summed E-state index contributed by atoms with van der Waals surface area (Å²) in [5.74, 6) is 0. The van der Waals surface area contributed by atoms with Crippen molar-refractivity contribution in [3.05, 3.63) is 94.9 Å². The van der Waals surface area contributed by atoms with Crippen LogP contribution in [0.25, 0.3) is 39.0 Å². The van der Waals surface area contributed by atoms with E-state index >= 15 is 0 Å². The summed E-state index contributed by atoms with van der Waals surface area (Å²) in [7, 11) is -0.800. The summed E-state index contributed by atoms with van der Waals surface area (Å²) >= 11 is 11.3. The van der Waals surface area contributed by atoms with Crippen molar-refractivity contribution >= 4 is 87.2 Å². The Morgan fingerprint density at radius 3 is 1.31 bits per heavy atom. The molecule has 9 rings (SSSR count). The summed E-state index contributed by atoms with van der Waals surface area (Å²) in [5, 5.41) is 2.15. The largest absolute Gasteiger partial charge is 1.00 e. The molecule has 3 saturated heterocycles. The second kappa shape index (κ2) is 32.1. The zero-order chi connectivity index (χ0) is 53.1.